The Hall–Kier alpha value is -1.66. The molecule has 0 aliphatic carbocycles. The minimum atomic E-state index is 0.0348. The number of anilines is 1. The Labute approximate surface area is 99.5 Å². The maximum Gasteiger partial charge on any atom is 0.115 e. The second kappa shape index (κ2) is 4.68. The van der Waals surface area contributed by atoms with Gasteiger partial charge in [-0.25, -0.2) is 4.68 Å². The third-order valence-corrected chi connectivity index (χ3v) is 2.44. The van der Waals surface area contributed by atoms with Gasteiger partial charge in [-0.3, -0.25) is 0 Å². The van der Waals surface area contributed by atoms with Crippen molar-refractivity contribution in [2.45, 2.75) is 19.6 Å². The van der Waals surface area contributed by atoms with Gasteiger partial charge in [0.05, 0.1) is 18.9 Å². The van der Waals surface area contributed by atoms with E-state index in [1.54, 1.807) is 4.68 Å². The summed E-state index contributed by atoms with van der Waals surface area (Å²) < 4.78 is 7.12. The number of benzene rings is 1. The fraction of sp³-hybridized carbons (Fsp3) is 0.455. The zero-order valence-electron chi connectivity index (χ0n) is 10.1. The van der Waals surface area contributed by atoms with Crippen molar-refractivity contribution in [2.75, 3.05) is 12.3 Å². The Morgan fingerprint density at radius 2 is 2.24 bits per heavy atom. The minimum absolute atomic E-state index is 0.0348. The van der Waals surface area contributed by atoms with Crippen molar-refractivity contribution in [1.82, 2.24) is 15.0 Å². The van der Waals surface area contributed by atoms with E-state index in [0.29, 0.717) is 18.9 Å². The standard InChI is InChI=1S/C11H17N5O/c1-7(12)5-17-6-8-3-9(13)11-10(4-8)14-15-16(11)2/h3-4,7H,5-6,12-13H2,1-2H3/t7-/m1/s1. The molecule has 1 aromatic carbocycles. The lowest BCUT2D eigenvalue weighted by molar-refractivity contribution is 0.111. The van der Waals surface area contributed by atoms with Crippen molar-refractivity contribution in [2.24, 2.45) is 12.8 Å². The Morgan fingerprint density at radius 3 is 2.94 bits per heavy atom. The topological polar surface area (TPSA) is 92.0 Å². The van der Waals surface area contributed by atoms with E-state index in [0.717, 1.165) is 16.6 Å². The molecule has 92 valence electrons. The fourth-order valence-corrected chi connectivity index (χ4v) is 1.74. The van der Waals surface area contributed by atoms with E-state index < -0.39 is 0 Å². The Kier molecular flexibility index (Phi) is 3.26. The molecule has 4 N–H and O–H groups in total. The maximum atomic E-state index is 5.95. The third-order valence-electron chi connectivity index (χ3n) is 2.44. The lowest BCUT2D eigenvalue weighted by atomic mass is 10.2. The van der Waals surface area contributed by atoms with Crippen LogP contribution in [0.2, 0.25) is 0 Å². The summed E-state index contributed by atoms with van der Waals surface area (Å²) in [6.45, 7) is 2.91. The van der Waals surface area contributed by atoms with Crippen molar-refractivity contribution in [3.63, 3.8) is 0 Å². The molecule has 0 saturated carbocycles. The first-order chi connectivity index (χ1) is 8.08. The van der Waals surface area contributed by atoms with Gasteiger partial charge in [0, 0.05) is 13.1 Å². The zero-order valence-corrected chi connectivity index (χ0v) is 10.1. The highest BCUT2D eigenvalue weighted by Crippen LogP contribution is 2.21. The van der Waals surface area contributed by atoms with Gasteiger partial charge < -0.3 is 16.2 Å². The van der Waals surface area contributed by atoms with E-state index in [4.69, 9.17) is 16.2 Å². The largest absolute Gasteiger partial charge is 0.397 e. The number of fused-ring (bicyclic) bond motifs is 1. The van der Waals surface area contributed by atoms with Gasteiger partial charge >= 0.3 is 0 Å². The van der Waals surface area contributed by atoms with Crippen molar-refractivity contribution in [3.8, 4) is 0 Å². The van der Waals surface area contributed by atoms with E-state index in [9.17, 15) is 0 Å². The molecule has 0 saturated heterocycles. The molecule has 0 spiro atoms. The summed E-state index contributed by atoms with van der Waals surface area (Å²) in [6, 6.07) is 3.85. The molecule has 6 nitrogen and oxygen atoms in total. The molecule has 0 bridgehead atoms. The average molecular weight is 235 g/mol. The Morgan fingerprint density at radius 1 is 1.47 bits per heavy atom. The van der Waals surface area contributed by atoms with Gasteiger partial charge in [0.15, 0.2) is 0 Å². The highest BCUT2D eigenvalue weighted by atomic mass is 16.5. The molecule has 0 aliphatic heterocycles. The number of rotatable bonds is 4. The quantitative estimate of drug-likeness (QED) is 0.749. The number of ether oxygens (including phenoxy) is 1. The van der Waals surface area contributed by atoms with E-state index in [1.807, 2.05) is 26.1 Å². The van der Waals surface area contributed by atoms with Crippen LogP contribution in [0.3, 0.4) is 0 Å². The Balaban J connectivity index is 2.19. The number of nitrogen functional groups attached to an aromatic ring is 1. The maximum absolute atomic E-state index is 5.95. The summed E-state index contributed by atoms with van der Waals surface area (Å²) in [5, 5.41) is 7.97. The molecule has 0 fully saturated rings. The number of nitrogens with two attached hydrogens (primary N) is 2. The van der Waals surface area contributed by atoms with Gasteiger partial charge in [-0.15, -0.1) is 5.10 Å². The first-order valence-corrected chi connectivity index (χ1v) is 5.49. The highest BCUT2D eigenvalue weighted by Gasteiger charge is 2.07. The van der Waals surface area contributed by atoms with Crippen LogP contribution in [0.1, 0.15) is 12.5 Å². The first-order valence-electron chi connectivity index (χ1n) is 5.49. The smallest absolute Gasteiger partial charge is 0.115 e. The molecule has 2 rings (SSSR count). The zero-order chi connectivity index (χ0) is 12.4. The predicted octanol–water partition coefficient (Wildman–Crippen LogP) is 0.414. The predicted molar refractivity (Wildman–Crippen MR) is 66.2 cm³/mol. The summed E-state index contributed by atoms with van der Waals surface area (Å²) in [5.41, 5.74) is 14.8. The van der Waals surface area contributed by atoms with E-state index in [1.165, 1.54) is 0 Å². The van der Waals surface area contributed by atoms with Gasteiger partial charge in [-0.2, -0.15) is 0 Å². The molecule has 0 radical (unpaired) electrons. The molecule has 17 heavy (non-hydrogen) atoms. The number of hydrogen-bond acceptors (Lipinski definition) is 5. The molecule has 2 aromatic rings. The van der Waals surface area contributed by atoms with Crippen LogP contribution in [0.5, 0.6) is 0 Å². The average Bonchev–Trinajstić information content (AvgIpc) is 2.60. The Bertz CT molecular complexity index is 520. The van der Waals surface area contributed by atoms with Crippen LogP contribution in [0, 0.1) is 0 Å². The van der Waals surface area contributed by atoms with Gasteiger partial charge in [0.1, 0.15) is 11.0 Å². The molecular formula is C11H17N5O. The number of aromatic nitrogens is 3. The van der Waals surface area contributed by atoms with Crippen LogP contribution in [0.15, 0.2) is 12.1 Å². The van der Waals surface area contributed by atoms with E-state index >= 15 is 0 Å². The van der Waals surface area contributed by atoms with Crippen LogP contribution >= 0.6 is 0 Å². The van der Waals surface area contributed by atoms with Crippen LogP contribution < -0.4 is 11.5 Å². The van der Waals surface area contributed by atoms with Crippen LogP contribution in [0.25, 0.3) is 11.0 Å². The van der Waals surface area contributed by atoms with Crippen molar-refractivity contribution >= 4 is 16.7 Å². The van der Waals surface area contributed by atoms with Crippen molar-refractivity contribution in [3.05, 3.63) is 17.7 Å². The normalized spacial score (nSPS) is 13.1. The molecule has 6 heteroatoms. The van der Waals surface area contributed by atoms with Gasteiger partial charge in [-0.1, -0.05) is 5.21 Å². The van der Waals surface area contributed by atoms with Crippen molar-refractivity contribution in [1.29, 1.82) is 0 Å². The van der Waals surface area contributed by atoms with Gasteiger partial charge in [-0.05, 0) is 24.6 Å². The summed E-state index contributed by atoms with van der Waals surface area (Å²) >= 11 is 0. The molecular weight excluding hydrogens is 218 g/mol. The lowest BCUT2D eigenvalue weighted by Gasteiger charge is -2.08. The molecule has 0 aliphatic rings. The second-order valence-corrected chi connectivity index (χ2v) is 4.26. The number of hydrogen-bond donors (Lipinski definition) is 2. The molecule has 1 aromatic heterocycles. The summed E-state index contributed by atoms with van der Waals surface area (Å²) in [6.07, 6.45) is 0. The van der Waals surface area contributed by atoms with E-state index in [-0.39, 0.29) is 6.04 Å². The molecule has 0 unspecified atom stereocenters. The van der Waals surface area contributed by atoms with Crippen LogP contribution in [-0.4, -0.2) is 27.6 Å². The van der Waals surface area contributed by atoms with E-state index in [2.05, 4.69) is 10.3 Å². The highest BCUT2D eigenvalue weighted by molar-refractivity contribution is 5.87. The SMILES string of the molecule is C[C@@H](N)COCc1cc(N)c2c(c1)nnn2C. The van der Waals surface area contributed by atoms with Gasteiger partial charge in [0.2, 0.25) is 0 Å². The minimum Gasteiger partial charge on any atom is -0.397 e. The first kappa shape index (κ1) is 11.8. The second-order valence-electron chi connectivity index (χ2n) is 4.26. The fourth-order valence-electron chi connectivity index (χ4n) is 1.74. The third kappa shape index (κ3) is 2.54. The number of nitrogens with zero attached hydrogens (tertiary/aromatic N) is 3. The summed E-state index contributed by atoms with van der Waals surface area (Å²) in [4.78, 5) is 0. The molecule has 1 atom stereocenters. The number of aryl methyl sites for hydroxylation is 1. The van der Waals surface area contributed by atoms with Crippen molar-refractivity contribution < 1.29 is 4.74 Å². The molecule has 1 heterocycles. The monoisotopic (exact) mass is 235 g/mol. The van der Waals surface area contributed by atoms with Crippen LogP contribution in [-0.2, 0) is 18.4 Å². The summed E-state index contributed by atoms with van der Waals surface area (Å²) in [5.74, 6) is 0. The van der Waals surface area contributed by atoms with Crippen LogP contribution in [0.4, 0.5) is 5.69 Å². The van der Waals surface area contributed by atoms with Gasteiger partial charge in [0.25, 0.3) is 0 Å². The molecule has 0 amide bonds. The lowest BCUT2D eigenvalue weighted by Crippen LogP contribution is -2.21. The summed E-state index contributed by atoms with van der Waals surface area (Å²) in [7, 11) is 1.82.